The van der Waals surface area contributed by atoms with E-state index in [0.717, 1.165) is 29.8 Å². The van der Waals surface area contributed by atoms with Crippen LogP contribution >= 0.6 is 0 Å². The standard InChI is InChI=1S/C20H21N3O3/c1-12-18-15(10-16(13-8-9-13)21-19(18)26-22-12)20(24)23(2)11-14-6-4-5-7-17(14)25-3/h4-7,10,13H,8-9,11H2,1-3H3. The smallest absolute Gasteiger partial charge is 0.259 e. The Bertz CT molecular complexity index is 976. The lowest BCUT2D eigenvalue weighted by Gasteiger charge is -2.19. The van der Waals surface area contributed by atoms with Crippen LogP contribution in [0.5, 0.6) is 5.75 Å². The van der Waals surface area contributed by atoms with Crippen molar-refractivity contribution in [3.8, 4) is 5.75 Å². The first-order chi connectivity index (χ1) is 12.6. The molecule has 0 N–H and O–H groups in total. The molecule has 2 aromatic heterocycles. The molecule has 1 amide bonds. The van der Waals surface area contributed by atoms with Crippen molar-refractivity contribution >= 4 is 17.0 Å². The molecule has 0 saturated heterocycles. The maximum atomic E-state index is 13.2. The topological polar surface area (TPSA) is 68.5 Å². The number of carbonyl (C=O) groups excluding carboxylic acids is 1. The van der Waals surface area contributed by atoms with Gasteiger partial charge in [0.15, 0.2) is 0 Å². The van der Waals surface area contributed by atoms with Crippen molar-refractivity contribution in [2.75, 3.05) is 14.2 Å². The van der Waals surface area contributed by atoms with Crippen molar-refractivity contribution in [3.63, 3.8) is 0 Å². The molecule has 6 nitrogen and oxygen atoms in total. The number of carbonyl (C=O) groups is 1. The van der Waals surface area contributed by atoms with Crippen molar-refractivity contribution < 1.29 is 14.1 Å². The lowest BCUT2D eigenvalue weighted by atomic mass is 10.1. The highest BCUT2D eigenvalue weighted by molar-refractivity contribution is 6.06. The SMILES string of the molecule is COc1ccccc1CN(C)C(=O)c1cc(C2CC2)nc2onc(C)c12. The normalized spacial score (nSPS) is 13.8. The highest BCUT2D eigenvalue weighted by atomic mass is 16.5. The van der Waals surface area contributed by atoms with Gasteiger partial charge in [-0.25, -0.2) is 4.98 Å². The van der Waals surface area contributed by atoms with Crippen LogP contribution in [0.25, 0.3) is 11.1 Å². The highest BCUT2D eigenvalue weighted by Crippen LogP contribution is 2.40. The second-order valence-corrected chi connectivity index (χ2v) is 6.79. The van der Waals surface area contributed by atoms with Gasteiger partial charge in [0, 0.05) is 30.8 Å². The number of rotatable bonds is 5. The Kier molecular flexibility index (Phi) is 4.11. The van der Waals surface area contributed by atoms with Gasteiger partial charge in [-0.2, -0.15) is 0 Å². The van der Waals surface area contributed by atoms with Gasteiger partial charge in [0.25, 0.3) is 11.6 Å². The zero-order valence-corrected chi connectivity index (χ0v) is 15.2. The fourth-order valence-electron chi connectivity index (χ4n) is 3.24. The summed E-state index contributed by atoms with van der Waals surface area (Å²) in [4.78, 5) is 19.4. The van der Waals surface area contributed by atoms with Crippen LogP contribution in [0.1, 0.15) is 46.1 Å². The van der Waals surface area contributed by atoms with Crippen LogP contribution in [0, 0.1) is 6.92 Å². The predicted molar refractivity (Wildman–Crippen MR) is 97.3 cm³/mol. The lowest BCUT2D eigenvalue weighted by molar-refractivity contribution is 0.0786. The van der Waals surface area contributed by atoms with E-state index < -0.39 is 0 Å². The first-order valence-corrected chi connectivity index (χ1v) is 8.72. The molecule has 0 unspecified atom stereocenters. The first-order valence-electron chi connectivity index (χ1n) is 8.72. The molecule has 1 aliphatic rings. The number of fused-ring (bicyclic) bond motifs is 1. The van der Waals surface area contributed by atoms with E-state index in [2.05, 4.69) is 10.1 Å². The van der Waals surface area contributed by atoms with Gasteiger partial charge < -0.3 is 14.2 Å². The van der Waals surface area contributed by atoms with Crippen LogP contribution in [0.3, 0.4) is 0 Å². The Morgan fingerprint density at radius 1 is 1.35 bits per heavy atom. The molecule has 1 fully saturated rings. The van der Waals surface area contributed by atoms with Crippen molar-refractivity contribution in [2.45, 2.75) is 32.2 Å². The zero-order valence-electron chi connectivity index (χ0n) is 15.2. The summed E-state index contributed by atoms with van der Waals surface area (Å²) in [6.45, 7) is 2.29. The van der Waals surface area contributed by atoms with E-state index >= 15 is 0 Å². The lowest BCUT2D eigenvalue weighted by Crippen LogP contribution is -2.27. The molecule has 0 atom stereocenters. The summed E-state index contributed by atoms with van der Waals surface area (Å²) >= 11 is 0. The average molecular weight is 351 g/mol. The number of para-hydroxylation sites is 1. The highest BCUT2D eigenvalue weighted by Gasteiger charge is 2.29. The summed E-state index contributed by atoms with van der Waals surface area (Å²) in [5.41, 5.74) is 3.61. The number of hydrogen-bond acceptors (Lipinski definition) is 5. The number of benzene rings is 1. The van der Waals surface area contributed by atoms with Crippen LogP contribution in [0.4, 0.5) is 0 Å². The van der Waals surface area contributed by atoms with Crippen molar-refractivity contribution in [2.24, 2.45) is 0 Å². The van der Waals surface area contributed by atoms with Crippen LogP contribution < -0.4 is 4.74 Å². The van der Waals surface area contributed by atoms with Crippen molar-refractivity contribution in [1.29, 1.82) is 0 Å². The number of pyridine rings is 1. The molecule has 0 bridgehead atoms. The van der Waals surface area contributed by atoms with E-state index in [1.165, 1.54) is 0 Å². The molecule has 4 rings (SSSR count). The van der Waals surface area contributed by atoms with Gasteiger partial charge in [0.05, 0.1) is 23.8 Å². The number of amides is 1. The van der Waals surface area contributed by atoms with E-state index in [1.54, 1.807) is 19.1 Å². The number of hydrogen-bond donors (Lipinski definition) is 0. The van der Waals surface area contributed by atoms with E-state index in [1.807, 2.05) is 37.3 Å². The molecule has 1 aliphatic carbocycles. The number of methoxy groups -OCH3 is 1. The number of aryl methyl sites for hydroxylation is 1. The molecule has 6 heteroatoms. The molecule has 134 valence electrons. The van der Waals surface area contributed by atoms with Gasteiger partial charge in [-0.1, -0.05) is 23.4 Å². The third-order valence-electron chi connectivity index (χ3n) is 4.81. The molecule has 1 saturated carbocycles. The molecule has 1 aromatic carbocycles. The van der Waals surface area contributed by atoms with Crippen molar-refractivity contribution in [1.82, 2.24) is 15.0 Å². The molecule has 2 heterocycles. The summed E-state index contributed by atoms with van der Waals surface area (Å²) in [6.07, 6.45) is 2.21. The molecule has 0 radical (unpaired) electrons. The maximum Gasteiger partial charge on any atom is 0.259 e. The van der Waals surface area contributed by atoms with Crippen LogP contribution in [-0.4, -0.2) is 35.1 Å². The third-order valence-corrected chi connectivity index (χ3v) is 4.81. The number of ether oxygens (including phenoxy) is 1. The van der Waals surface area contributed by atoms with Crippen LogP contribution in [0.15, 0.2) is 34.9 Å². The van der Waals surface area contributed by atoms with Crippen molar-refractivity contribution in [3.05, 3.63) is 52.8 Å². The molecule has 26 heavy (non-hydrogen) atoms. The number of aromatic nitrogens is 2. The van der Waals surface area contributed by atoms with E-state index in [9.17, 15) is 4.79 Å². The second kappa shape index (κ2) is 6.44. The molecular weight excluding hydrogens is 330 g/mol. The molecule has 0 spiro atoms. The third kappa shape index (κ3) is 2.92. The zero-order chi connectivity index (χ0) is 18.3. The second-order valence-electron chi connectivity index (χ2n) is 6.79. The van der Waals surface area contributed by atoms with E-state index in [-0.39, 0.29) is 5.91 Å². The molecular formula is C20H21N3O3. The van der Waals surface area contributed by atoms with Gasteiger partial charge in [-0.05, 0) is 31.9 Å². The summed E-state index contributed by atoms with van der Waals surface area (Å²) in [6, 6.07) is 9.62. The fourth-order valence-corrected chi connectivity index (χ4v) is 3.24. The Morgan fingerprint density at radius 3 is 2.85 bits per heavy atom. The minimum absolute atomic E-state index is 0.0727. The van der Waals surface area contributed by atoms with Crippen LogP contribution in [-0.2, 0) is 6.54 Å². The molecule has 3 aromatic rings. The minimum atomic E-state index is -0.0727. The summed E-state index contributed by atoms with van der Waals surface area (Å²) in [5.74, 6) is 1.12. The first kappa shape index (κ1) is 16.6. The van der Waals surface area contributed by atoms with Gasteiger partial charge in [0.2, 0.25) is 0 Å². The Hall–Kier alpha value is -2.89. The Morgan fingerprint density at radius 2 is 2.12 bits per heavy atom. The largest absolute Gasteiger partial charge is 0.496 e. The Balaban J connectivity index is 1.70. The van der Waals surface area contributed by atoms with E-state index in [4.69, 9.17) is 9.26 Å². The van der Waals surface area contributed by atoms with Gasteiger partial charge >= 0.3 is 0 Å². The minimum Gasteiger partial charge on any atom is -0.496 e. The molecule has 0 aliphatic heterocycles. The fraction of sp³-hybridized carbons (Fsp3) is 0.350. The average Bonchev–Trinajstić information content (AvgIpc) is 3.44. The van der Waals surface area contributed by atoms with Crippen LogP contribution in [0.2, 0.25) is 0 Å². The maximum absolute atomic E-state index is 13.2. The number of nitrogens with zero attached hydrogens (tertiary/aromatic N) is 3. The monoisotopic (exact) mass is 351 g/mol. The summed E-state index contributed by atoms with van der Waals surface area (Å²) in [5, 5.41) is 4.70. The Labute approximate surface area is 151 Å². The van der Waals surface area contributed by atoms with E-state index in [0.29, 0.717) is 34.8 Å². The summed E-state index contributed by atoms with van der Waals surface area (Å²) < 4.78 is 10.7. The van der Waals surface area contributed by atoms with Gasteiger partial charge in [0.1, 0.15) is 5.75 Å². The van der Waals surface area contributed by atoms with Gasteiger partial charge in [-0.15, -0.1) is 0 Å². The quantitative estimate of drug-likeness (QED) is 0.701. The summed E-state index contributed by atoms with van der Waals surface area (Å²) in [7, 11) is 3.43. The van der Waals surface area contributed by atoms with Gasteiger partial charge in [-0.3, -0.25) is 4.79 Å². The predicted octanol–water partition coefficient (Wildman–Crippen LogP) is 3.69.